The molecular formula is C20H24N4O. The molecule has 0 saturated carbocycles. The Balaban J connectivity index is 1.63. The molecule has 4 rings (SSSR count). The molecule has 1 atom stereocenters. The zero-order valence-corrected chi connectivity index (χ0v) is 15.0. The van der Waals surface area contributed by atoms with Crippen molar-refractivity contribution in [3.05, 3.63) is 53.0 Å². The van der Waals surface area contributed by atoms with Crippen LogP contribution in [0.1, 0.15) is 46.3 Å². The van der Waals surface area contributed by atoms with Crippen LogP contribution in [0.5, 0.6) is 0 Å². The summed E-state index contributed by atoms with van der Waals surface area (Å²) in [5.41, 5.74) is 4.98. The number of piperidine rings is 1. The predicted molar refractivity (Wildman–Crippen MR) is 98.9 cm³/mol. The molecule has 0 spiro atoms. The number of hydrogen-bond donors (Lipinski definition) is 1. The van der Waals surface area contributed by atoms with Gasteiger partial charge in [-0.15, -0.1) is 0 Å². The summed E-state index contributed by atoms with van der Waals surface area (Å²) in [6.45, 7) is 7.62. The Hall–Kier alpha value is -2.56. The number of hydrogen-bond acceptors (Lipinski definition) is 2. The van der Waals surface area contributed by atoms with Gasteiger partial charge in [-0.05, 0) is 45.7 Å². The lowest BCUT2D eigenvalue weighted by Crippen LogP contribution is -2.41. The van der Waals surface area contributed by atoms with E-state index in [4.69, 9.17) is 0 Å². The van der Waals surface area contributed by atoms with Crippen molar-refractivity contribution >= 4 is 16.8 Å². The van der Waals surface area contributed by atoms with Crippen LogP contribution >= 0.6 is 0 Å². The number of amides is 1. The van der Waals surface area contributed by atoms with Crippen LogP contribution in [0.4, 0.5) is 0 Å². The summed E-state index contributed by atoms with van der Waals surface area (Å²) in [4.78, 5) is 18.6. The minimum atomic E-state index is 0.126. The third-order valence-electron chi connectivity index (χ3n) is 5.18. The van der Waals surface area contributed by atoms with Gasteiger partial charge in [0.1, 0.15) is 0 Å². The Morgan fingerprint density at radius 1 is 1.24 bits per heavy atom. The fourth-order valence-corrected chi connectivity index (χ4v) is 4.06. The number of aryl methyl sites for hydroxylation is 3. The van der Waals surface area contributed by atoms with Crippen molar-refractivity contribution < 1.29 is 4.79 Å². The topological polar surface area (TPSA) is 53.9 Å². The predicted octanol–water partition coefficient (Wildman–Crippen LogP) is 3.77. The van der Waals surface area contributed by atoms with Crippen LogP contribution in [0.2, 0.25) is 0 Å². The number of nitrogens with one attached hydrogen (secondary N) is 1. The first-order valence-electron chi connectivity index (χ1n) is 8.94. The van der Waals surface area contributed by atoms with E-state index in [2.05, 4.69) is 27.8 Å². The van der Waals surface area contributed by atoms with Crippen LogP contribution in [-0.2, 0) is 0 Å². The first kappa shape index (κ1) is 15.9. The van der Waals surface area contributed by atoms with E-state index in [0.29, 0.717) is 0 Å². The zero-order chi connectivity index (χ0) is 17.6. The largest absolute Gasteiger partial charge is 0.358 e. The maximum absolute atomic E-state index is 13.2. The van der Waals surface area contributed by atoms with E-state index in [1.807, 2.05) is 43.0 Å². The number of fused-ring (bicyclic) bond motifs is 1. The number of nitrogens with zero attached hydrogens (tertiary/aromatic N) is 3. The molecule has 1 aliphatic heterocycles. The highest BCUT2D eigenvalue weighted by molar-refractivity contribution is 6.08. The Kier molecular flexibility index (Phi) is 3.86. The molecule has 1 aromatic carbocycles. The average Bonchev–Trinajstić information content (AvgIpc) is 3.12. The molecule has 1 aliphatic rings. The van der Waals surface area contributed by atoms with Crippen LogP contribution in [0.25, 0.3) is 10.9 Å². The molecule has 1 amide bonds. The first-order valence-corrected chi connectivity index (χ1v) is 8.94. The minimum absolute atomic E-state index is 0.126. The maximum atomic E-state index is 13.2. The lowest BCUT2D eigenvalue weighted by molar-refractivity contribution is 0.0673. The molecule has 5 heteroatoms. The van der Waals surface area contributed by atoms with Crippen molar-refractivity contribution in [1.29, 1.82) is 0 Å². The van der Waals surface area contributed by atoms with E-state index in [9.17, 15) is 4.79 Å². The third-order valence-corrected chi connectivity index (χ3v) is 5.18. The van der Waals surface area contributed by atoms with Gasteiger partial charge in [0.25, 0.3) is 5.91 Å². The highest BCUT2D eigenvalue weighted by atomic mass is 16.2. The number of rotatable bonds is 2. The molecule has 5 nitrogen and oxygen atoms in total. The maximum Gasteiger partial charge on any atom is 0.256 e. The van der Waals surface area contributed by atoms with Gasteiger partial charge in [-0.2, -0.15) is 5.10 Å². The van der Waals surface area contributed by atoms with Crippen LogP contribution in [0.15, 0.2) is 30.3 Å². The first-order chi connectivity index (χ1) is 12.0. The fourth-order valence-electron chi connectivity index (χ4n) is 4.06. The van der Waals surface area contributed by atoms with Gasteiger partial charge in [-0.1, -0.05) is 18.2 Å². The molecule has 25 heavy (non-hydrogen) atoms. The molecule has 2 aromatic heterocycles. The second kappa shape index (κ2) is 6.06. The molecule has 0 radical (unpaired) electrons. The average molecular weight is 336 g/mol. The molecule has 1 fully saturated rings. The second-order valence-electron chi connectivity index (χ2n) is 7.09. The molecular weight excluding hydrogens is 312 g/mol. The zero-order valence-electron chi connectivity index (χ0n) is 15.0. The second-order valence-corrected chi connectivity index (χ2v) is 7.09. The van der Waals surface area contributed by atoms with Gasteiger partial charge in [0.15, 0.2) is 0 Å². The molecule has 3 heterocycles. The van der Waals surface area contributed by atoms with E-state index in [1.54, 1.807) is 0 Å². The van der Waals surface area contributed by atoms with Gasteiger partial charge in [-0.3, -0.25) is 9.48 Å². The lowest BCUT2D eigenvalue weighted by atomic mass is 10.0. The number of aromatic amines is 1. The summed E-state index contributed by atoms with van der Waals surface area (Å²) in [7, 11) is 0. The number of benzene rings is 1. The van der Waals surface area contributed by atoms with E-state index in [1.165, 1.54) is 5.69 Å². The summed E-state index contributed by atoms with van der Waals surface area (Å²) in [5.74, 6) is 0.126. The summed E-state index contributed by atoms with van der Waals surface area (Å²) in [6, 6.07) is 10.4. The molecule has 1 saturated heterocycles. The van der Waals surface area contributed by atoms with E-state index < -0.39 is 0 Å². The summed E-state index contributed by atoms with van der Waals surface area (Å²) < 4.78 is 2.09. The number of aromatic nitrogens is 3. The number of H-pyrrole nitrogens is 1. The lowest BCUT2D eigenvalue weighted by Gasteiger charge is -2.33. The van der Waals surface area contributed by atoms with Crippen molar-refractivity contribution in [3.63, 3.8) is 0 Å². The molecule has 0 bridgehead atoms. The van der Waals surface area contributed by atoms with E-state index >= 15 is 0 Å². The Morgan fingerprint density at radius 3 is 2.80 bits per heavy atom. The third kappa shape index (κ3) is 2.73. The minimum Gasteiger partial charge on any atom is -0.358 e. The molecule has 130 valence electrons. The quantitative estimate of drug-likeness (QED) is 0.774. The Labute approximate surface area is 147 Å². The highest BCUT2D eigenvalue weighted by Crippen LogP contribution is 2.28. The van der Waals surface area contributed by atoms with E-state index in [0.717, 1.165) is 53.8 Å². The fraction of sp³-hybridized carbons (Fsp3) is 0.400. The standard InChI is InChI=1S/C20H24N4O/c1-13-11-14(2)24(22-13)16-7-6-10-23(12-16)20(25)19-15(3)21-18-9-5-4-8-17(18)19/h4-5,8-9,11,16,21H,6-7,10,12H2,1-3H3/t16-/m0/s1. The van der Waals surface area contributed by atoms with Gasteiger partial charge >= 0.3 is 0 Å². The number of carbonyl (C=O) groups is 1. The van der Waals surface area contributed by atoms with Crippen LogP contribution in [-0.4, -0.2) is 38.7 Å². The van der Waals surface area contributed by atoms with Crippen molar-refractivity contribution in [1.82, 2.24) is 19.7 Å². The van der Waals surface area contributed by atoms with Crippen molar-refractivity contribution in [2.75, 3.05) is 13.1 Å². The Bertz CT molecular complexity index is 936. The summed E-state index contributed by atoms with van der Waals surface area (Å²) in [6.07, 6.45) is 2.08. The van der Waals surface area contributed by atoms with Gasteiger partial charge in [0.05, 0.1) is 17.3 Å². The van der Waals surface area contributed by atoms with Crippen molar-refractivity contribution in [2.24, 2.45) is 0 Å². The smallest absolute Gasteiger partial charge is 0.256 e. The number of likely N-dealkylation sites (tertiary alicyclic amines) is 1. The highest BCUT2D eigenvalue weighted by Gasteiger charge is 2.29. The van der Waals surface area contributed by atoms with Crippen molar-refractivity contribution in [2.45, 2.75) is 39.7 Å². The van der Waals surface area contributed by atoms with Crippen LogP contribution in [0.3, 0.4) is 0 Å². The van der Waals surface area contributed by atoms with Gasteiger partial charge in [0.2, 0.25) is 0 Å². The van der Waals surface area contributed by atoms with Gasteiger partial charge in [0, 0.05) is 35.4 Å². The van der Waals surface area contributed by atoms with E-state index in [-0.39, 0.29) is 11.9 Å². The van der Waals surface area contributed by atoms with Gasteiger partial charge < -0.3 is 9.88 Å². The van der Waals surface area contributed by atoms with Gasteiger partial charge in [-0.25, -0.2) is 0 Å². The molecule has 0 unspecified atom stereocenters. The SMILES string of the molecule is Cc1cc(C)n([C@H]2CCCN(C(=O)c3c(C)[nH]c4ccccc34)C2)n1. The summed E-state index contributed by atoms with van der Waals surface area (Å²) >= 11 is 0. The molecule has 3 aromatic rings. The number of carbonyl (C=O) groups excluding carboxylic acids is 1. The van der Waals surface area contributed by atoms with Crippen LogP contribution in [0, 0.1) is 20.8 Å². The Morgan fingerprint density at radius 2 is 2.04 bits per heavy atom. The van der Waals surface area contributed by atoms with Crippen molar-refractivity contribution in [3.8, 4) is 0 Å². The number of para-hydroxylation sites is 1. The van der Waals surface area contributed by atoms with Crippen LogP contribution < -0.4 is 0 Å². The monoisotopic (exact) mass is 336 g/mol. The molecule has 1 N–H and O–H groups in total. The molecule has 0 aliphatic carbocycles. The normalized spacial score (nSPS) is 18.0. The summed E-state index contributed by atoms with van der Waals surface area (Å²) in [5, 5.41) is 5.64.